The molecule has 0 bridgehead atoms. The van der Waals surface area contributed by atoms with Crippen LogP contribution in [0.5, 0.6) is 0 Å². The molecule has 0 atom stereocenters. The molecule has 0 fully saturated rings. The van der Waals surface area contributed by atoms with Crippen molar-refractivity contribution >= 4 is 17.5 Å². The number of rotatable bonds is 4. The maximum Gasteiger partial charge on any atom is 0.300 e. The molecule has 3 rings (SSSR count). The second kappa shape index (κ2) is 8.43. The zero-order valence-electron chi connectivity index (χ0n) is 14.4. The molecule has 138 valence electrons. The first-order valence-electron chi connectivity index (χ1n) is 7.77. The summed E-state index contributed by atoms with van der Waals surface area (Å²) in [7, 11) is 0. The van der Waals surface area contributed by atoms with Crippen LogP contribution in [0.15, 0.2) is 65.1 Å². The molecule has 8 nitrogen and oxygen atoms in total. The molecule has 0 unspecified atom stereocenters. The largest absolute Gasteiger partial charge is 0.481 e. The molecule has 1 aromatic heterocycles. The van der Waals surface area contributed by atoms with Crippen molar-refractivity contribution in [1.82, 2.24) is 0 Å². The number of carbonyl (C=O) groups is 1. The van der Waals surface area contributed by atoms with Gasteiger partial charge in [-0.05, 0) is 12.1 Å². The molecule has 27 heavy (non-hydrogen) atoms. The smallest absolute Gasteiger partial charge is 0.300 e. The van der Waals surface area contributed by atoms with Gasteiger partial charge in [-0.25, -0.2) is 0 Å². The topological polar surface area (TPSA) is 143 Å². The summed E-state index contributed by atoms with van der Waals surface area (Å²) in [6.07, 6.45) is 0. The predicted molar refractivity (Wildman–Crippen MR) is 101 cm³/mol. The monoisotopic (exact) mass is 367 g/mol. The second-order valence-electron chi connectivity index (χ2n) is 5.48. The minimum absolute atomic E-state index is 0.00767. The van der Waals surface area contributed by atoms with E-state index >= 15 is 0 Å². The van der Waals surface area contributed by atoms with Gasteiger partial charge in [0.15, 0.2) is 0 Å². The Bertz CT molecular complexity index is 973. The highest BCUT2D eigenvalue weighted by Gasteiger charge is 2.11. The van der Waals surface area contributed by atoms with E-state index in [0.29, 0.717) is 22.6 Å². The van der Waals surface area contributed by atoms with Crippen LogP contribution in [0.4, 0.5) is 5.69 Å². The summed E-state index contributed by atoms with van der Waals surface area (Å²) in [6.45, 7) is 1.08. The summed E-state index contributed by atoms with van der Waals surface area (Å²) in [6, 6.07) is 17.0. The van der Waals surface area contributed by atoms with E-state index in [2.05, 4.69) is 0 Å². The average Bonchev–Trinajstić information content (AvgIpc) is 3.11. The molecule has 0 saturated carbocycles. The fourth-order valence-electron chi connectivity index (χ4n) is 2.23. The van der Waals surface area contributed by atoms with Crippen molar-refractivity contribution in [3.8, 4) is 22.6 Å². The molecule has 0 spiro atoms. The average molecular weight is 367 g/mol. The maximum atomic E-state index is 10.8. The fourth-order valence-corrected chi connectivity index (χ4v) is 2.23. The molecule has 1 heterocycles. The van der Waals surface area contributed by atoms with Crippen LogP contribution in [0, 0.1) is 15.5 Å². The number of carboxylic acids is 1. The van der Waals surface area contributed by atoms with E-state index < -0.39 is 10.9 Å². The Morgan fingerprint density at radius 1 is 1.07 bits per heavy atom. The van der Waals surface area contributed by atoms with Gasteiger partial charge in [-0.1, -0.05) is 36.4 Å². The number of amidine groups is 1. The van der Waals surface area contributed by atoms with Gasteiger partial charge in [0.2, 0.25) is 0 Å². The van der Waals surface area contributed by atoms with Crippen LogP contribution in [-0.4, -0.2) is 21.8 Å². The lowest BCUT2D eigenvalue weighted by atomic mass is 10.1. The molecule has 4 N–H and O–H groups in total. The third-order valence-corrected chi connectivity index (χ3v) is 3.43. The standard InChI is InChI=1S/C17H13N3O3.C2H4O2/c18-17(19)12-6-4-11(5-7-12)15-8-9-16(23-15)13-2-1-3-14(10-13)20(21)22;1-2(3)4/h1-10H,(H3,18,19);1H3,(H,3,4). The third-order valence-electron chi connectivity index (χ3n) is 3.43. The number of nitro groups is 1. The Balaban J connectivity index is 0.000000596. The number of aliphatic carboxylic acids is 1. The Kier molecular flexibility index (Phi) is 6.06. The van der Waals surface area contributed by atoms with E-state index in [-0.39, 0.29) is 11.5 Å². The minimum atomic E-state index is -0.833. The number of non-ortho nitro benzene ring substituents is 1. The van der Waals surface area contributed by atoms with E-state index in [0.717, 1.165) is 12.5 Å². The van der Waals surface area contributed by atoms with Crippen LogP contribution in [0.3, 0.4) is 0 Å². The second-order valence-corrected chi connectivity index (χ2v) is 5.48. The fraction of sp³-hybridized carbons (Fsp3) is 0.0526. The molecular weight excluding hydrogens is 350 g/mol. The number of benzene rings is 2. The maximum absolute atomic E-state index is 10.8. The minimum Gasteiger partial charge on any atom is -0.481 e. The van der Waals surface area contributed by atoms with Crippen LogP contribution >= 0.6 is 0 Å². The Hall–Kier alpha value is -3.94. The van der Waals surface area contributed by atoms with Crippen molar-refractivity contribution in [3.63, 3.8) is 0 Å². The zero-order chi connectivity index (χ0) is 20.0. The van der Waals surface area contributed by atoms with E-state index in [4.69, 9.17) is 25.5 Å². The van der Waals surface area contributed by atoms with Gasteiger partial charge >= 0.3 is 0 Å². The summed E-state index contributed by atoms with van der Waals surface area (Å²) in [4.78, 5) is 19.4. The van der Waals surface area contributed by atoms with Gasteiger partial charge in [-0.3, -0.25) is 20.3 Å². The molecule has 8 heteroatoms. The number of furan rings is 1. The van der Waals surface area contributed by atoms with Crippen LogP contribution in [0.2, 0.25) is 0 Å². The number of hydrogen-bond acceptors (Lipinski definition) is 5. The summed E-state index contributed by atoms with van der Waals surface area (Å²) >= 11 is 0. The van der Waals surface area contributed by atoms with Gasteiger partial charge in [-0.2, -0.15) is 0 Å². The van der Waals surface area contributed by atoms with E-state index in [1.54, 1.807) is 36.4 Å². The molecule has 3 aromatic rings. The van der Waals surface area contributed by atoms with Gasteiger partial charge < -0.3 is 15.3 Å². The first-order chi connectivity index (χ1) is 12.8. The number of nitrogen functional groups attached to an aromatic ring is 1. The lowest BCUT2D eigenvalue weighted by Gasteiger charge is -2.01. The third kappa shape index (κ3) is 5.27. The molecular formula is C19H17N3O5. The van der Waals surface area contributed by atoms with E-state index in [9.17, 15) is 10.1 Å². The Morgan fingerprint density at radius 2 is 1.63 bits per heavy atom. The Labute approximate surface area is 154 Å². The quantitative estimate of drug-likeness (QED) is 0.276. The summed E-state index contributed by atoms with van der Waals surface area (Å²) < 4.78 is 5.78. The number of nitrogens with two attached hydrogens (primary N) is 1. The highest BCUT2D eigenvalue weighted by atomic mass is 16.6. The zero-order valence-corrected chi connectivity index (χ0v) is 14.4. The van der Waals surface area contributed by atoms with Gasteiger partial charge in [-0.15, -0.1) is 0 Å². The molecule has 0 radical (unpaired) electrons. The Morgan fingerprint density at radius 3 is 2.15 bits per heavy atom. The van der Waals surface area contributed by atoms with Gasteiger partial charge in [0.1, 0.15) is 17.4 Å². The highest BCUT2D eigenvalue weighted by Crippen LogP contribution is 2.30. The van der Waals surface area contributed by atoms with Gasteiger partial charge in [0, 0.05) is 35.7 Å². The number of carboxylic acid groups (broad SMARTS) is 1. The summed E-state index contributed by atoms with van der Waals surface area (Å²) in [5, 5.41) is 25.6. The van der Waals surface area contributed by atoms with Crippen LogP contribution in [-0.2, 0) is 4.79 Å². The van der Waals surface area contributed by atoms with Gasteiger partial charge in [0.05, 0.1) is 4.92 Å². The first-order valence-corrected chi connectivity index (χ1v) is 7.77. The summed E-state index contributed by atoms with van der Waals surface area (Å²) in [5.74, 6) is 0.370. The van der Waals surface area contributed by atoms with Gasteiger partial charge in [0.25, 0.3) is 11.7 Å². The number of nitrogens with one attached hydrogen (secondary N) is 1. The van der Waals surface area contributed by atoms with Crippen molar-refractivity contribution in [1.29, 1.82) is 5.41 Å². The van der Waals surface area contributed by atoms with Crippen LogP contribution < -0.4 is 5.73 Å². The van der Waals surface area contributed by atoms with Crippen molar-refractivity contribution in [3.05, 3.63) is 76.3 Å². The molecule has 2 aromatic carbocycles. The normalized spacial score (nSPS) is 9.81. The molecule has 0 saturated heterocycles. The van der Waals surface area contributed by atoms with Crippen molar-refractivity contribution < 1.29 is 19.2 Å². The SMILES string of the molecule is CC(=O)O.N=C(N)c1ccc(-c2ccc(-c3cccc([N+](=O)[O-])c3)o2)cc1. The molecule has 0 aliphatic carbocycles. The molecule has 0 aliphatic rings. The molecule has 0 amide bonds. The van der Waals surface area contributed by atoms with Crippen LogP contribution in [0.25, 0.3) is 22.6 Å². The lowest BCUT2D eigenvalue weighted by molar-refractivity contribution is -0.384. The van der Waals surface area contributed by atoms with Crippen molar-refractivity contribution in [2.45, 2.75) is 6.92 Å². The predicted octanol–water partition coefficient (Wildman–Crippen LogP) is 3.90. The number of nitro benzene ring substituents is 1. The van der Waals surface area contributed by atoms with Crippen molar-refractivity contribution in [2.24, 2.45) is 5.73 Å². The van der Waals surface area contributed by atoms with E-state index in [1.165, 1.54) is 12.1 Å². The first kappa shape index (κ1) is 19.4. The van der Waals surface area contributed by atoms with Crippen molar-refractivity contribution in [2.75, 3.05) is 0 Å². The number of nitrogens with zero attached hydrogens (tertiary/aromatic N) is 1. The lowest BCUT2D eigenvalue weighted by Crippen LogP contribution is -2.10. The number of hydrogen-bond donors (Lipinski definition) is 3. The van der Waals surface area contributed by atoms with E-state index in [1.807, 2.05) is 12.1 Å². The summed E-state index contributed by atoms with van der Waals surface area (Å²) in [5.41, 5.74) is 7.57. The van der Waals surface area contributed by atoms with Crippen LogP contribution in [0.1, 0.15) is 12.5 Å². The highest BCUT2D eigenvalue weighted by molar-refractivity contribution is 5.95. The molecule has 0 aliphatic heterocycles.